The Hall–Kier alpha value is -3.09. The van der Waals surface area contributed by atoms with Crippen LogP contribution in [-0.4, -0.2) is 19.6 Å². The molecule has 0 saturated heterocycles. The van der Waals surface area contributed by atoms with E-state index in [0.29, 0.717) is 0 Å². The van der Waals surface area contributed by atoms with Crippen molar-refractivity contribution in [3.8, 4) is 10.6 Å². The van der Waals surface area contributed by atoms with Crippen LogP contribution in [0.5, 0.6) is 0 Å². The van der Waals surface area contributed by atoms with E-state index in [1.807, 2.05) is 41.0 Å². The maximum absolute atomic E-state index is 6.37. The van der Waals surface area contributed by atoms with Crippen molar-refractivity contribution in [3.63, 3.8) is 0 Å². The van der Waals surface area contributed by atoms with Gasteiger partial charge in [-0.15, -0.1) is 11.3 Å². The fourth-order valence-corrected chi connectivity index (χ4v) is 4.10. The van der Waals surface area contributed by atoms with Gasteiger partial charge in [0.25, 0.3) is 0 Å². The van der Waals surface area contributed by atoms with Gasteiger partial charge in [-0.25, -0.2) is 9.50 Å². The van der Waals surface area contributed by atoms with Crippen molar-refractivity contribution in [2.45, 2.75) is 6.04 Å². The predicted molar refractivity (Wildman–Crippen MR) is 104 cm³/mol. The molecule has 0 aliphatic heterocycles. The third-order valence-electron chi connectivity index (χ3n) is 4.39. The molecule has 0 saturated carbocycles. The third kappa shape index (κ3) is 2.47. The molecule has 1 unspecified atom stereocenters. The highest BCUT2D eigenvalue weighted by Gasteiger charge is 2.15. The number of nitrogens with two attached hydrogens (primary N) is 1. The van der Waals surface area contributed by atoms with E-state index in [-0.39, 0.29) is 6.04 Å². The second kappa shape index (κ2) is 6.01. The Balaban J connectivity index is 1.63. The molecule has 0 radical (unpaired) electrons. The summed E-state index contributed by atoms with van der Waals surface area (Å²) in [6, 6.07) is 19.7. The van der Waals surface area contributed by atoms with Gasteiger partial charge in [0.1, 0.15) is 5.69 Å². The van der Waals surface area contributed by atoms with E-state index in [1.54, 1.807) is 17.5 Å². The summed E-state index contributed by atoms with van der Waals surface area (Å²) < 4.78 is 3.11. The molecule has 0 aliphatic carbocycles. The van der Waals surface area contributed by atoms with E-state index >= 15 is 0 Å². The minimum absolute atomic E-state index is 0.377. The molecule has 26 heavy (non-hydrogen) atoms. The quantitative estimate of drug-likeness (QED) is 0.529. The highest BCUT2D eigenvalue weighted by Crippen LogP contribution is 2.33. The lowest BCUT2D eigenvalue weighted by atomic mass is 10.1. The van der Waals surface area contributed by atoms with Gasteiger partial charge in [-0.1, -0.05) is 24.3 Å². The molecular formula is C20H15N5S. The maximum atomic E-state index is 6.37. The van der Waals surface area contributed by atoms with Crippen molar-refractivity contribution >= 4 is 27.1 Å². The highest BCUT2D eigenvalue weighted by atomic mass is 32.1. The van der Waals surface area contributed by atoms with Gasteiger partial charge in [-0.3, -0.25) is 4.98 Å². The first kappa shape index (κ1) is 15.2. The molecule has 0 fully saturated rings. The summed E-state index contributed by atoms with van der Waals surface area (Å²) in [7, 11) is 0. The van der Waals surface area contributed by atoms with Gasteiger partial charge in [0.15, 0.2) is 5.65 Å². The molecule has 1 atom stereocenters. The van der Waals surface area contributed by atoms with Crippen LogP contribution < -0.4 is 5.73 Å². The number of pyridine rings is 1. The van der Waals surface area contributed by atoms with Crippen LogP contribution in [-0.2, 0) is 0 Å². The second-order valence-electron chi connectivity index (χ2n) is 6.05. The summed E-state index contributed by atoms with van der Waals surface area (Å²) in [6.07, 6.45) is 3.61. The fourth-order valence-electron chi connectivity index (χ4n) is 3.04. The molecule has 4 aromatic heterocycles. The average Bonchev–Trinajstić information content (AvgIpc) is 3.31. The number of fused-ring (bicyclic) bond motifs is 2. The summed E-state index contributed by atoms with van der Waals surface area (Å²) in [5.74, 6) is 0. The smallest absolute Gasteiger partial charge is 0.154 e. The van der Waals surface area contributed by atoms with Crippen LogP contribution in [0.15, 0.2) is 73.1 Å². The molecule has 0 spiro atoms. The van der Waals surface area contributed by atoms with Crippen LogP contribution in [0.1, 0.15) is 17.4 Å². The Kier molecular flexibility index (Phi) is 3.51. The summed E-state index contributed by atoms with van der Waals surface area (Å²) >= 11 is 1.74. The Morgan fingerprint density at radius 3 is 2.65 bits per heavy atom. The monoisotopic (exact) mass is 357 g/mol. The predicted octanol–water partition coefficient (Wildman–Crippen LogP) is 4.05. The Bertz CT molecular complexity index is 1180. The lowest BCUT2D eigenvalue weighted by Gasteiger charge is -2.11. The number of hydrogen-bond donors (Lipinski definition) is 1. The van der Waals surface area contributed by atoms with Crippen molar-refractivity contribution in [3.05, 3.63) is 84.4 Å². The van der Waals surface area contributed by atoms with Gasteiger partial charge in [-0.05, 0) is 41.8 Å². The molecule has 5 nitrogen and oxygen atoms in total. The van der Waals surface area contributed by atoms with Crippen molar-refractivity contribution in [1.82, 2.24) is 19.6 Å². The Morgan fingerprint density at radius 1 is 0.923 bits per heavy atom. The summed E-state index contributed by atoms with van der Waals surface area (Å²) in [5.41, 5.74) is 9.69. The molecule has 2 N–H and O–H groups in total. The zero-order valence-electron chi connectivity index (χ0n) is 13.8. The first-order chi connectivity index (χ1) is 12.8. The fraction of sp³-hybridized carbons (Fsp3) is 0.0500. The van der Waals surface area contributed by atoms with Crippen LogP contribution in [0.2, 0.25) is 0 Å². The van der Waals surface area contributed by atoms with Crippen molar-refractivity contribution < 1.29 is 0 Å². The van der Waals surface area contributed by atoms with Gasteiger partial charge < -0.3 is 5.73 Å². The molecule has 1 aromatic carbocycles. The van der Waals surface area contributed by atoms with E-state index in [1.165, 1.54) is 10.1 Å². The molecule has 0 aliphatic rings. The van der Waals surface area contributed by atoms with Gasteiger partial charge in [0.05, 0.1) is 28.5 Å². The normalized spacial score (nSPS) is 12.7. The van der Waals surface area contributed by atoms with Crippen LogP contribution in [0.25, 0.3) is 26.3 Å². The minimum atomic E-state index is -0.377. The van der Waals surface area contributed by atoms with E-state index in [9.17, 15) is 0 Å². The van der Waals surface area contributed by atoms with Gasteiger partial charge in [0, 0.05) is 10.9 Å². The average molecular weight is 357 g/mol. The Labute approximate surface area is 153 Å². The number of benzene rings is 1. The summed E-state index contributed by atoms with van der Waals surface area (Å²) in [4.78, 5) is 9.97. The number of hydrogen-bond acceptors (Lipinski definition) is 5. The Morgan fingerprint density at radius 2 is 1.81 bits per heavy atom. The maximum Gasteiger partial charge on any atom is 0.154 e. The number of nitrogens with zero attached hydrogens (tertiary/aromatic N) is 4. The van der Waals surface area contributed by atoms with Crippen LogP contribution in [0.3, 0.4) is 0 Å². The minimum Gasteiger partial charge on any atom is -0.318 e. The zero-order valence-corrected chi connectivity index (χ0v) is 14.6. The van der Waals surface area contributed by atoms with Crippen molar-refractivity contribution in [2.24, 2.45) is 5.73 Å². The van der Waals surface area contributed by atoms with Gasteiger partial charge >= 0.3 is 0 Å². The molecular weight excluding hydrogens is 342 g/mol. The summed E-state index contributed by atoms with van der Waals surface area (Å²) in [6.45, 7) is 0. The third-order valence-corrected chi connectivity index (χ3v) is 5.52. The highest BCUT2D eigenvalue weighted by molar-refractivity contribution is 7.22. The SMILES string of the molecule is NC(c1ccccn1)c1ccc2ncc(-c3cc4ccccc4s3)n2n1. The van der Waals surface area contributed by atoms with E-state index in [2.05, 4.69) is 40.3 Å². The molecule has 0 amide bonds. The van der Waals surface area contributed by atoms with Gasteiger partial charge in [-0.2, -0.15) is 5.10 Å². The standard InChI is InChI=1S/C20H15N5S/c21-20(14-6-3-4-10-22-14)15-8-9-19-23-12-16(25(19)24-15)18-11-13-5-1-2-7-17(13)26-18/h1-12,20H,21H2. The number of aromatic nitrogens is 4. The van der Waals surface area contributed by atoms with E-state index < -0.39 is 0 Å². The second-order valence-corrected chi connectivity index (χ2v) is 7.14. The zero-order chi connectivity index (χ0) is 17.5. The molecule has 6 heteroatoms. The van der Waals surface area contributed by atoms with Gasteiger partial charge in [0.2, 0.25) is 0 Å². The first-order valence-corrected chi connectivity index (χ1v) is 9.11. The van der Waals surface area contributed by atoms with Crippen LogP contribution in [0, 0.1) is 0 Å². The number of imidazole rings is 1. The summed E-state index contributed by atoms with van der Waals surface area (Å²) in [5, 5.41) is 5.98. The topological polar surface area (TPSA) is 69.1 Å². The van der Waals surface area contributed by atoms with Crippen LogP contribution >= 0.6 is 11.3 Å². The van der Waals surface area contributed by atoms with Crippen LogP contribution in [0.4, 0.5) is 0 Å². The molecule has 0 bridgehead atoms. The van der Waals surface area contributed by atoms with Crippen molar-refractivity contribution in [2.75, 3.05) is 0 Å². The number of thiophene rings is 1. The lowest BCUT2D eigenvalue weighted by Crippen LogP contribution is -2.16. The van der Waals surface area contributed by atoms with E-state index in [4.69, 9.17) is 10.8 Å². The molecule has 5 aromatic rings. The largest absolute Gasteiger partial charge is 0.318 e. The van der Waals surface area contributed by atoms with E-state index in [0.717, 1.165) is 27.6 Å². The number of rotatable bonds is 3. The molecule has 5 rings (SSSR count). The van der Waals surface area contributed by atoms with Crippen molar-refractivity contribution in [1.29, 1.82) is 0 Å². The molecule has 126 valence electrons. The molecule has 4 heterocycles. The lowest BCUT2D eigenvalue weighted by molar-refractivity contribution is 0.750. The first-order valence-electron chi connectivity index (χ1n) is 8.30.